The van der Waals surface area contributed by atoms with Crippen LogP contribution >= 0.6 is 11.8 Å². The molecule has 4 nitrogen and oxygen atoms in total. The van der Waals surface area contributed by atoms with E-state index in [2.05, 4.69) is 34.1 Å². The lowest BCUT2D eigenvalue weighted by atomic mass is 9.98. The molecular formula is C16H24N2O2S. The zero-order chi connectivity index (χ0) is 14.7. The highest BCUT2D eigenvalue weighted by Crippen LogP contribution is 2.33. The molecule has 0 spiro atoms. The third-order valence-corrected chi connectivity index (χ3v) is 5.41. The maximum atomic E-state index is 5.43. The van der Waals surface area contributed by atoms with Crippen LogP contribution in [0.5, 0.6) is 11.5 Å². The van der Waals surface area contributed by atoms with E-state index < -0.39 is 0 Å². The van der Waals surface area contributed by atoms with E-state index in [0.717, 1.165) is 44.1 Å². The summed E-state index contributed by atoms with van der Waals surface area (Å²) in [5.41, 5.74) is 2.78. The smallest absolute Gasteiger partial charge is 0.161 e. The number of hydrogen-bond donors (Lipinski definition) is 1. The highest BCUT2D eigenvalue weighted by atomic mass is 32.2. The zero-order valence-corrected chi connectivity index (χ0v) is 13.7. The van der Waals surface area contributed by atoms with Crippen molar-refractivity contribution < 1.29 is 9.47 Å². The van der Waals surface area contributed by atoms with E-state index >= 15 is 0 Å². The van der Waals surface area contributed by atoms with Crippen molar-refractivity contribution in [2.75, 3.05) is 45.4 Å². The average molecular weight is 308 g/mol. The van der Waals surface area contributed by atoms with E-state index in [9.17, 15) is 0 Å². The van der Waals surface area contributed by atoms with Gasteiger partial charge in [-0.3, -0.25) is 4.90 Å². The largest absolute Gasteiger partial charge is 0.493 e. The van der Waals surface area contributed by atoms with Crippen LogP contribution in [0, 0.1) is 0 Å². The van der Waals surface area contributed by atoms with Crippen LogP contribution in [0.25, 0.3) is 0 Å². The van der Waals surface area contributed by atoms with Gasteiger partial charge in [-0.05, 0) is 29.7 Å². The molecule has 1 aromatic carbocycles. The van der Waals surface area contributed by atoms with Crippen molar-refractivity contribution in [2.45, 2.75) is 19.0 Å². The average Bonchev–Trinajstić information content (AvgIpc) is 2.54. The van der Waals surface area contributed by atoms with E-state index in [1.54, 1.807) is 14.2 Å². The molecule has 1 atom stereocenters. The first-order valence-electron chi connectivity index (χ1n) is 7.57. The van der Waals surface area contributed by atoms with Gasteiger partial charge in [-0.25, -0.2) is 0 Å². The monoisotopic (exact) mass is 308 g/mol. The van der Waals surface area contributed by atoms with Crippen molar-refractivity contribution in [1.29, 1.82) is 0 Å². The van der Waals surface area contributed by atoms with Crippen LogP contribution in [0.15, 0.2) is 12.1 Å². The number of hydrogen-bond acceptors (Lipinski definition) is 5. The summed E-state index contributed by atoms with van der Waals surface area (Å²) < 4.78 is 10.8. The molecule has 1 N–H and O–H groups in total. The quantitative estimate of drug-likeness (QED) is 0.917. The highest BCUT2D eigenvalue weighted by Gasteiger charge is 2.22. The predicted octanol–water partition coefficient (Wildman–Crippen LogP) is 1.77. The number of thioether (sulfide) groups is 1. The topological polar surface area (TPSA) is 33.7 Å². The number of methoxy groups -OCH3 is 2. The maximum absolute atomic E-state index is 5.43. The lowest BCUT2D eigenvalue weighted by Gasteiger charge is -2.34. The summed E-state index contributed by atoms with van der Waals surface area (Å²) in [7, 11) is 3.40. The van der Waals surface area contributed by atoms with Gasteiger partial charge in [0.1, 0.15) is 0 Å². The van der Waals surface area contributed by atoms with Crippen molar-refractivity contribution >= 4 is 11.8 Å². The van der Waals surface area contributed by atoms with Crippen LogP contribution in [0.3, 0.4) is 0 Å². The molecule has 3 rings (SSSR count). The molecule has 21 heavy (non-hydrogen) atoms. The molecular weight excluding hydrogens is 284 g/mol. The minimum atomic E-state index is 0.630. The molecule has 2 aliphatic heterocycles. The molecule has 0 amide bonds. The maximum Gasteiger partial charge on any atom is 0.161 e. The molecule has 1 unspecified atom stereocenters. The van der Waals surface area contributed by atoms with E-state index in [1.165, 1.54) is 22.6 Å². The SMILES string of the molecule is COc1cc2c(cc1OC)CN(CC1CSCCN1)CC2. The Morgan fingerprint density at radius 3 is 2.67 bits per heavy atom. The van der Waals surface area contributed by atoms with Crippen molar-refractivity contribution in [1.82, 2.24) is 10.2 Å². The molecule has 116 valence electrons. The summed E-state index contributed by atoms with van der Waals surface area (Å²) in [6, 6.07) is 4.91. The van der Waals surface area contributed by atoms with Gasteiger partial charge in [0.25, 0.3) is 0 Å². The Bertz CT molecular complexity index is 489. The molecule has 5 heteroatoms. The number of nitrogens with zero attached hydrogens (tertiary/aromatic N) is 1. The second-order valence-electron chi connectivity index (χ2n) is 5.69. The fourth-order valence-electron chi connectivity index (χ4n) is 3.15. The molecule has 0 radical (unpaired) electrons. The number of nitrogens with one attached hydrogen (secondary N) is 1. The molecule has 0 aromatic heterocycles. The van der Waals surface area contributed by atoms with Gasteiger partial charge >= 0.3 is 0 Å². The van der Waals surface area contributed by atoms with Crippen LogP contribution in [0.2, 0.25) is 0 Å². The lowest BCUT2D eigenvalue weighted by molar-refractivity contribution is 0.230. The summed E-state index contributed by atoms with van der Waals surface area (Å²) in [5.74, 6) is 4.16. The Morgan fingerprint density at radius 2 is 2.00 bits per heavy atom. The normalized spacial score (nSPS) is 22.7. The van der Waals surface area contributed by atoms with Gasteiger partial charge in [0, 0.05) is 43.7 Å². The Balaban J connectivity index is 1.69. The third-order valence-electron chi connectivity index (χ3n) is 4.27. The number of benzene rings is 1. The minimum absolute atomic E-state index is 0.630. The first kappa shape index (κ1) is 15.0. The van der Waals surface area contributed by atoms with E-state index in [0.29, 0.717) is 6.04 Å². The van der Waals surface area contributed by atoms with E-state index in [1.807, 2.05) is 0 Å². The summed E-state index contributed by atoms with van der Waals surface area (Å²) in [6.45, 7) is 4.43. The van der Waals surface area contributed by atoms with Gasteiger partial charge < -0.3 is 14.8 Å². The van der Waals surface area contributed by atoms with Crippen LogP contribution in [0.4, 0.5) is 0 Å². The first-order chi connectivity index (χ1) is 10.3. The molecule has 1 saturated heterocycles. The van der Waals surface area contributed by atoms with Crippen molar-refractivity contribution in [2.24, 2.45) is 0 Å². The second-order valence-corrected chi connectivity index (χ2v) is 6.84. The van der Waals surface area contributed by atoms with Gasteiger partial charge in [-0.2, -0.15) is 11.8 Å². The molecule has 0 bridgehead atoms. The van der Waals surface area contributed by atoms with Gasteiger partial charge in [0.2, 0.25) is 0 Å². The summed E-state index contributed by atoms with van der Waals surface area (Å²) in [6.07, 6.45) is 1.09. The summed E-state index contributed by atoms with van der Waals surface area (Å²) >= 11 is 2.06. The Hall–Kier alpha value is -0.910. The fraction of sp³-hybridized carbons (Fsp3) is 0.625. The van der Waals surface area contributed by atoms with Gasteiger partial charge in [-0.1, -0.05) is 0 Å². The first-order valence-corrected chi connectivity index (χ1v) is 8.73. The lowest BCUT2D eigenvalue weighted by Crippen LogP contribution is -2.47. The van der Waals surface area contributed by atoms with Crippen molar-refractivity contribution in [3.05, 3.63) is 23.3 Å². The fourth-order valence-corrected chi connectivity index (χ4v) is 4.08. The highest BCUT2D eigenvalue weighted by molar-refractivity contribution is 7.99. The zero-order valence-electron chi connectivity index (χ0n) is 12.9. The van der Waals surface area contributed by atoms with Crippen molar-refractivity contribution in [3.63, 3.8) is 0 Å². The second kappa shape index (κ2) is 6.90. The minimum Gasteiger partial charge on any atom is -0.493 e. The number of rotatable bonds is 4. The van der Waals surface area contributed by atoms with Crippen molar-refractivity contribution in [3.8, 4) is 11.5 Å². The van der Waals surface area contributed by atoms with Crippen LogP contribution in [-0.2, 0) is 13.0 Å². The van der Waals surface area contributed by atoms with Crippen LogP contribution in [-0.4, -0.2) is 56.3 Å². The summed E-state index contributed by atoms with van der Waals surface area (Å²) in [5, 5.41) is 3.62. The van der Waals surface area contributed by atoms with E-state index in [4.69, 9.17) is 9.47 Å². The van der Waals surface area contributed by atoms with E-state index in [-0.39, 0.29) is 0 Å². The number of ether oxygens (including phenoxy) is 2. The van der Waals surface area contributed by atoms with Gasteiger partial charge in [0.05, 0.1) is 14.2 Å². The molecule has 2 heterocycles. The van der Waals surface area contributed by atoms with Crippen LogP contribution < -0.4 is 14.8 Å². The predicted molar refractivity (Wildman–Crippen MR) is 87.6 cm³/mol. The molecule has 2 aliphatic rings. The Labute approximate surface area is 131 Å². The van der Waals surface area contributed by atoms with Gasteiger partial charge in [0.15, 0.2) is 11.5 Å². The Kier molecular flexibility index (Phi) is 4.93. The third kappa shape index (κ3) is 3.47. The number of fused-ring (bicyclic) bond motifs is 1. The molecule has 0 saturated carbocycles. The summed E-state index contributed by atoms with van der Waals surface area (Å²) in [4.78, 5) is 2.55. The van der Waals surface area contributed by atoms with Crippen LogP contribution in [0.1, 0.15) is 11.1 Å². The molecule has 1 fully saturated rings. The molecule has 0 aliphatic carbocycles. The standard InChI is InChI=1S/C16H24N2O2S/c1-19-15-7-12-3-5-18(9-13(12)8-16(15)20-2)10-14-11-21-6-4-17-14/h7-8,14,17H,3-6,9-11H2,1-2H3. The molecule has 1 aromatic rings. The Morgan fingerprint density at radius 1 is 1.24 bits per heavy atom. The van der Waals surface area contributed by atoms with Gasteiger partial charge in [-0.15, -0.1) is 0 Å².